The van der Waals surface area contributed by atoms with Crippen molar-refractivity contribution in [2.24, 2.45) is 5.92 Å². The van der Waals surface area contributed by atoms with Crippen molar-refractivity contribution < 1.29 is 9.90 Å². The molecule has 1 saturated carbocycles. The van der Waals surface area contributed by atoms with E-state index in [1.165, 1.54) is 4.57 Å². The molecule has 1 aliphatic carbocycles. The van der Waals surface area contributed by atoms with Crippen LogP contribution in [-0.4, -0.2) is 20.6 Å². The number of rotatable bonds is 4. The lowest BCUT2D eigenvalue weighted by Gasteiger charge is -2.04. The molecule has 1 aromatic rings. The van der Waals surface area contributed by atoms with E-state index in [-0.39, 0.29) is 11.6 Å². The van der Waals surface area contributed by atoms with E-state index in [0.29, 0.717) is 5.92 Å². The number of nitrogens with zero attached hydrogens (tertiary/aromatic N) is 1. The van der Waals surface area contributed by atoms with Crippen LogP contribution in [0.1, 0.15) is 42.6 Å². The van der Waals surface area contributed by atoms with Crippen LogP contribution in [0.4, 0.5) is 0 Å². The van der Waals surface area contributed by atoms with Crippen LogP contribution in [-0.2, 0) is 0 Å². The summed E-state index contributed by atoms with van der Waals surface area (Å²) < 4.78 is 1.34. The van der Waals surface area contributed by atoms with Crippen LogP contribution < -0.4 is 11.2 Å². The Balaban J connectivity index is 2.36. The van der Waals surface area contributed by atoms with E-state index in [1.54, 1.807) is 0 Å². The number of hydrogen-bond donors (Lipinski definition) is 2. The van der Waals surface area contributed by atoms with Crippen molar-refractivity contribution in [1.29, 1.82) is 0 Å². The second kappa shape index (κ2) is 4.20. The molecule has 92 valence electrons. The number of carboxylic acid groups (broad SMARTS) is 1. The molecular formula is C11H14N2O4. The molecular weight excluding hydrogens is 224 g/mol. The molecule has 0 aliphatic heterocycles. The average molecular weight is 238 g/mol. The van der Waals surface area contributed by atoms with Gasteiger partial charge in [-0.2, -0.15) is 0 Å². The van der Waals surface area contributed by atoms with Crippen LogP contribution >= 0.6 is 0 Å². The van der Waals surface area contributed by atoms with Gasteiger partial charge in [0.25, 0.3) is 5.56 Å². The number of aromatic carboxylic acids is 1. The largest absolute Gasteiger partial charge is 0.477 e. The van der Waals surface area contributed by atoms with E-state index in [2.05, 4.69) is 6.92 Å². The van der Waals surface area contributed by atoms with Gasteiger partial charge in [-0.15, -0.1) is 0 Å². The van der Waals surface area contributed by atoms with Crippen molar-refractivity contribution in [2.45, 2.75) is 32.2 Å². The van der Waals surface area contributed by atoms with Crippen LogP contribution in [0.25, 0.3) is 0 Å². The van der Waals surface area contributed by atoms with Crippen molar-refractivity contribution in [2.75, 3.05) is 0 Å². The highest BCUT2D eigenvalue weighted by Crippen LogP contribution is 2.45. The first kappa shape index (κ1) is 11.6. The van der Waals surface area contributed by atoms with Gasteiger partial charge < -0.3 is 5.11 Å². The minimum Gasteiger partial charge on any atom is -0.477 e. The van der Waals surface area contributed by atoms with Crippen LogP contribution in [0.15, 0.2) is 15.8 Å². The summed E-state index contributed by atoms with van der Waals surface area (Å²) in [6, 6.07) is 0.0393. The third-order valence-electron chi connectivity index (χ3n) is 3.10. The predicted molar refractivity (Wildman–Crippen MR) is 60.3 cm³/mol. The molecule has 0 spiro atoms. The quantitative estimate of drug-likeness (QED) is 0.803. The van der Waals surface area contributed by atoms with Gasteiger partial charge in [-0.05, 0) is 18.8 Å². The fourth-order valence-electron chi connectivity index (χ4n) is 2.14. The van der Waals surface area contributed by atoms with E-state index >= 15 is 0 Å². The number of carboxylic acids is 1. The second-order valence-electron chi connectivity index (χ2n) is 4.37. The summed E-state index contributed by atoms with van der Waals surface area (Å²) in [6.45, 7) is 2.06. The summed E-state index contributed by atoms with van der Waals surface area (Å²) in [4.78, 5) is 35.6. The van der Waals surface area contributed by atoms with Gasteiger partial charge in [-0.25, -0.2) is 9.59 Å². The Labute approximate surface area is 96.9 Å². The first-order chi connectivity index (χ1) is 8.04. The number of aromatic nitrogens is 2. The molecule has 1 heterocycles. The van der Waals surface area contributed by atoms with Crippen LogP contribution in [0.2, 0.25) is 0 Å². The zero-order valence-electron chi connectivity index (χ0n) is 9.47. The fraction of sp³-hybridized carbons (Fsp3) is 0.545. The van der Waals surface area contributed by atoms with Gasteiger partial charge in [0.05, 0.1) is 0 Å². The summed E-state index contributed by atoms with van der Waals surface area (Å²) in [5.74, 6) is -0.891. The molecule has 2 unspecified atom stereocenters. The van der Waals surface area contributed by atoms with Crippen LogP contribution in [0, 0.1) is 5.92 Å². The predicted octanol–water partition coefficient (Wildman–Crippen LogP) is 0.596. The normalized spacial score (nSPS) is 22.4. The van der Waals surface area contributed by atoms with Gasteiger partial charge in [0.15, 0.2) is 0 Å². The Bertz CT molecular complexity index is 557. The molecule has 6 heteroatoms. The molecule has 2 rings (SSSR count). The van der Waals surface area contributed by atoms with Gasteiger partial charge in [0.1, 0.15) is 5.56 Å². The topological polar surface area (TPSA) is 92.2 Å². The second-order valence-corrected chi connectivity index (χ2v) is 4.37. The van der Waals surface area contributed by atoms with Gasteiger partial charge in [0, 0.05) is 12.2 Å². The molecule has 0 aromatic carbocycles. The lowest BCUT2D eigenvalue weighted by Crippen LogP contribution is -2.33. The Morgan fingerprint density at radius 1 is 1.59 bits per heavy atom. The Hall–Kier alpha value is -1.85. The Kier molecular flexibility index (Phi) is 2.87. The summed E-state index contributed by atoms with van der Waals surface area (Å²) in [6.07, 6.45) is 4.08. The van der Waals surface area contributed by atoms with Crippen molar-refractivity contribution in [1.82, 2.24) is 9.55 Å². The molecule has 2 N–H and O–H groups in total. The highest BCUT2D eigenvalue weighted by Gasteiger charge is 2.38. The Morgan fingerprint density at radius 2 is 2.29 bits per heavy atom. The van der Waals surface area contributed by atoms with Gasteiger partial charge in [-0.3, -0.25) is 14.3 Å². The van der Waals surface area contributed by atoms with Crippen molar-refractivity contribution in [3.8, 4) is 0 Å². The third-order valence-corrected chi connectivity index (χ3v) is 3.10. The summed E-state index contributed by atoms with van der Waals surface area (Å²) >= 11 is 0. The number of carbonyl (C=O) groups is 1. The maximum absolute atomic E-state index is 11.6. The summed E-state index contributed by atoms with van der Waals surface area (Å²) in [5.41, 5.74) is -1.75. The van der Waals surface area contributed by atoms with Gasteiger partial charge in [0.2, 0.25) is 0 Å². The molecule has 17 heavy (non-hydrogen) atoms. The third kappa shape index (κ3) is 2.15. The number of aromatic amines is 1. The van der Waals surface area contributed by atoms with Crippen molar-refractivity contribution >= 4 is 5.97 Å². The van der Waals surface area contributed by atoms with E-state index in [9.17, 15) is 14.4 Å². The summed E-state index contributed by atoms with van der Waals surface area (Å²) in [5, 5.41) is 8.82. The molecule has 1 aromatic heterocycles. The zero-order valence-corrected chi connectivity index (χ0v) is 9.47. The molecule has 0 amide bonds. The van der Waals surface area contributed by atoms with Gasteiger partial charge in [-0.1, -0.05) is 13.3 Å². The molecule has 1 fully saturated rings. The van der Waals surface area contributed by atoms with E-state index in [4.69, 9.17) is 5.11 Å². The maximum Gasteiger partial charge on any atom is 0.342 e. The minimum absolute atomic E-state index is 0.0393. The van der Waals surface area contributed by atoms with Crippen molar-refractivity contribution in [3.63, 3.8) is 0 Å². The molecule has 0 radical (unpaired) electrons. The lowest BCUT2D eigenvalue weighted by atomic mass is 10.2. The molecule has 6 nitrogen and oxygen atoms in total. The first-order valence-corrected chi connectivity index (χ1v) is 5.63. The molecule has 0 bridgehead atoms. The van der Waals surface area contributed by atoms with E-state index in [0.717, 1.165) is 25.5 Å². The van der Waals surface area contributed by atoms with E-state index < -0.39 is 17.2 Å². The zero-order chi connectivity index (χ0) is 12.6. The van der Waals surface area contributed by atoms with Crippen LogP contribution in [0.3, 0.4) is 0 Å². The smallest absolute Gasteiger partial charge is 0.342 e. The molecule has 0 saturated heterocycles. The van der Waals surface area contributed by atoms with E-state index in [1.807, 2.05) is 4.98 Å². The monoisotopic (exact) mass is 238 g/mol. The van der Waals surface area contributed by atoms with Gasteiger partial charge >= 0.3 is 11.7 Å². The minimum atomic E-state index is -1.31. The first-order valence-electron chi connectivity index (χ1n) is 5.63. The average Bonchev–Trinajstić information content (AvgIpc) is 2.97. The number of nitrogens with one attached hydrogen (secondary N) is 1. The maximum atomic E-state index is 11.6. The lowest BCUT2D eigenvalue weighted by molar-refractivity contribution is 0.0693. The highest BCUT2D eigenvalue weighted by molar-refractivity contribution is 5.86. The fourth-order valence-corrected chi connectivity index (χ4v) is 2.14. The van der Waals surface area contributed by atoms with Crippen LogP contribution in [0.5, 0.6) is 0 Å². The number of H-pyrrole nitrogens is 1. The molecule has 1 aliphatic rings. The molecule has 2 atom stereocenters. The Morgan fingerprint density at radius 3 is 2.88 bits per heavy atom. The SMILES string of the molecule is CCCC1CC1n1cc(C(=O)O)c(=O)[nH]c1=O. The highest BCUT2D eigenvalue weighted by atomic mass is 16.4. The standard InChI is InChI=1S/C11H14N2O4/c1-2-3-6-4-8(6)13-5-7(10(15)16)9(14)12-11(13)17/h5-6,8H,2-4H2,1H3,(H,15,16)(H,12,14,17). The number of hydrogen-bond acceptors (Lipinski definition) is 3. The van der Waals surface area contributed by atoms with Crippen molar-refractivity contribution in [3.05, 3.63) is 32.6 Å². The summed E-state index contributed by atoms with van der Waals surface area (Å²) in [7, 11) is 0.